The van der Waals surface area contributed by atoms with E-state index >= 15 is 0 Å². The molecule has 0 aliphatic heterocycles. The van der Waals surface area contributed by atoms with Crippen molar-refractivity contribution in [1.82, 2.24) is 0 Å². The molecule has 2 aliphatic rings. The molecule has 0 aromatic heterocycles. The molecule has 0 spiro atoms. The van der Waals surface area contributed by atoms with Gasteiger partial charge in [-0.25, -0.2) is 0 Å². The van der Waals surface area contributed by atoms with Gasteiger partial charge in [-0.3, -0.25) is 0 Å². The first kappa shape index (κ1) is 35.2. The molecule has 2 aliphatic carbocycles. The highest BCUT2D eigenvalue weighted by atomic mass is 28.3. The predicted molar refractivity (Wildman–Crippen MR) is 226 cm³/mol. The van der Waals surface area contributed by atoms with E-state index in [-0.39, 0.29) is 10.8 Å². The lowest BCUT2D eigenvalue weighted by Gasteiger charge is -2.40. The highest BCUT2D eigenvalue weighted by Gasteiger charge is 2.48. The van der Waals surface area contributed by atoms with Gasteiger partial charge in [-0.15, -0.1) is 0 Å². The molecule has 0 nitrogen and oxygen atoms in total. The maximum absolute atomic E-state index is 2.68. The van der Waals surface area contributed by atoms with Crippen molar-refractivity contribution in [3.05, 3.63) is 154 Å². The standard InChI is InChI=1S/C50H56Si/c1-32(2)44-31-46-39(35-28-36(49(4,5)6)30-37(29-35)50(7,8)9)23-17-26-43(46)48(44)51(10,11)47-33(3)27-45-41(24-18-25-42(45)47)40-22-16-15-21-38(40)34-19-13-12-14-20-34/h12-32,47-48H,1-11H3. The third-order valence-corrected chi connectivity index (χ3v) is 16.2. The Hall–Kier alpha value is -4.20. The molecular weight excluding hydrogens is 629 g/mol. The molecule has 0 N–H and O–H groups in total. The van der Waals surface area contributed by atoms with E-state index in [2.05, 4.69) is 197 Å². The van der Waals surface area contributed by atoms with Crippen LogP contribution in [0.2, 0.25) is 13.1 Å². The number of hydrogen-bond acceptors (Lipinski definition) is 0. The van der Waals surface area contributed by atoms with Gasteiger partial charge in [-0.05, 0) is 90.4 Å². The number of rotatable bonds is 6. The van der Waals surface area contributed by atoms with Crippen LogP contribution in [0, 0.1) is 5.92 Å². The van der Waals surface area contributed by atoms with Crippen molar-refractivity contribution in [2.45, 2.75) is 97.3 Å². The Bertz CT molecular complexity index is 2140. The molecule has 5 aromatic carbocycles. The smallest absolute Gasteiger partial charge is 0.0679 e. The fourth-order valence-electron chi connectivity index (χ4n) is 9.19. The summed E-state index contributed by atoms with van der Waals surface area (Å²) in [5.41, 5.74) is 20.9. The molecule has 2 atom stereocenters. The molecule has 0 fully saturated rings. The maximum atomic E-state index is 2.68. The lowest BCUT2D eigenvalue weighted by atomic mass is 9.78. The van der Waals surface area contributed by atoms with Crippen LogP contribution in [0.5, 0.6) is 0 Å². The lowest BCUT2D eigenvalue weighted by Crippen LogP contribution is -2.43. The van der Waals surface area contributed by atoms with Gasteiger partial charge in [0.05, 0.1) is 8.07 Å². The van der Waals surface area contributed by atoms with Gasteiger partial charge in [0.1, 0.15) is 0 Å². The van der Waals surface area contributed by atoms with Crippen LogP contribution >= 0.6 is 0 Å². The van der Waals surface area contributed by atoms with Crippen molar-refractivity contribution in [1.29, 1.82) is 0 Å². The Morgan fingerprint density at radius 3 is 1.61 bits per heavy atom. The quantitative estimate of drug-likeness (QED) is 0.156. The summed E-state index contributed by atoms with van der Waals surface area (Å²) in [5, 5.41) is 0. The second kappa shape index (κ2) is 12.8. The van der Waals surface area contributed by atoms with Gasteiger partial charge >= 0.3 is 0 Å². The van der Waals surface area contributed by atoms with Crippen LogP contribution in [0.1, 0.15) is 107 Å². The van der Waals surface area contributed by atoms with E-state index in [1.807, 2.05) is 0 Å². The minimum absolute atomic E-state index is 0.0739. The fourth-order valence-corrected chi connectivity index (χ4v) is 14.2. The summed E-state index contributed by atoms with van der Waals surface area (Å²) in [5.74, 6) is 0.474. The first-order chi connectivity index (χ1) is 24.1. The van der Waals surface area contributed by atoms with E-state index in [1.165, 1.54) is 72.3 Å². The molecule has 7 rings (SSSR count). The predicted octanol–water partition coefficient (Wildman–Crippen LogP) is 14.4. The minimum Gasteiger partial charge on any atom is -0.0679 e. The molecule has 1 heteroatoms. The van der Waals surface area contributed by atoms with Crippen molar-refractivity contribution in [2.75, 3.05) is 0 Å². The molecule has 0 amide bonds. The van der Waals surface area contributed by atoms with Crippen molar-refractivity contribution in [3.63, 3.8) is 0 Å². The first-order valence-electron chi connectivity index (χ1n) is 19.0. The van der Waals surface area contributed by atoms with Crippen molar-refractivity contribution < 1.29 is 0 Å². The largest absolute Gasteiger partial charge is 0.0722 e. The second-order valence-electron chi connectivity index (χ2n) is 18.2. The monoisotopic (exact) mass is 684 g/mol. The fraction of sp³-hybridized carbons (Fsp3) is 0.320. The third kappa shape index (κ3) is 6.22. The number of allylic oxidation sites excluding steroid dienone is 2. The van der Waals surface area contributed by atoms with Gasteiger partial charge < -0.3 is 0 Å². The molecule has 0 bridgehead atoms. The van der Waals surface area contributed by atoms with Gasteiger partial charge in [0.25, 0.3) is 0 Å². The summed E-state index contributed by atoms with van der Waals surface area (Å²) in [6.07, 6.45) is 5.14. The summed E-state index contributed by atoms with van der Waals surface area (Å²) in [4.78, 5) is 0. The molecule has 2 unspecified atom stereocenters. The normalized spacial score (nSPS) is 17.3. The van der Waals surface area contributed by atoms with Crippen molar-refractivity contribution in [3.8, 4) is 33.4 Å². The summed E-state index contributed by atoms with van der Waals surface area (Å²) in [6.45, 7) is 26.6. The Morgan fingerprint density at radius 2 is 1.02 bits per heavy atom. The van der Waals surface area contributed by atoms with Crippen LogP contribution in [0.25, 0.3) is 45.5 Å². The highest BCUT2D eigenvalue weighted by Crippen LogP contribution is 2.56. The number of benzene rings is 5. The summed E-state index contributed by atoms with van der Waals surface area (Å²) < 4.78 is 0. The average Bonchev–Trinajstić information content (AvgIpc) is 3.66. The van der Waals surface area contributed by atoms with E-state index in [9.17, 15) is 0 Å². The van der Waals surface area contributed by atoms with Crippen LogP contribution in [-0.2, 0) is 10.8 Å². The Morgan fingerprint density at radius 1 is 0.510 bits per heavy atom. The van der Waals surface area contributed by atoms with E-state index < -0.39 is 8.07 Å². The molecule has 5 aromatic rings. The molecule has 0 saturated heterocycles. The van der Waals surface area contributed by atoms with E-state index in [1.54, 1.807) is 5.57 Å². The SMILES string of the molecule is CC1=Cc2c(-c3ccccc3-c3ccccc3)cccc2C1[Si](C)(C)C1C(C(C)C)=Cc2c(-c3cc(C(C)(C)C)cc(C(C)(C)C)c3)cccc21. The molecule has 0 heterocycles. The van der Waals surface area contributed by atoms with Crippen LogP contribution in [0.3, 0.4) is 0 Å². The summed E-state index contributed by atoms with van der Waals surface area (Å²) in [7, 11) is -2.07. The summed E-state index contributed by atoms with van der Waals surface area (Å²) >= 11 is 0. The zero-order chi connectivity index (χ0) is 36.5. The zero-order valence-corrected chi connectivity index (χ0v) is 33.8. The summed E-state index contributed by atoms with van der Waals surface area (Å²) in [6, 6.07) is 41.5. The average molecular weight is 685 g/mol. The molecule has 260 valence electrons. The van der Waals surface area contributed by atoms with E-state index in [0.717, 1.165) is 0 Å². The van der Waals surface area contributed by atoms with Crippen molar-refractivity contribution in [2.24, 2.45) is 5.92 Å². The lowest BCUT2D eigenvalue weighted by molar-refractivity contribution is 0.569. The second-order valence-corrected chi connectivity index (χ2v) is 23.0. The zero-order valence-electron chi connectivity index (χ0n) is 32.8. The Labute approximate surface area is 309 Å². The third-order valence-electron chi connectivity index (χ3n) is 11.8. The van der Waals surface area contributed by atoms with Crippen LogP contribution in [0.15, 0.2) is 120 Å². The highest BCUT2D eigenvalue weighted by molar-refractivity contribution is 6.81. The Balaban J connectivity index is 1.36. The van der Waals surface area contributed by atoms with Crippen LogP contribution < -0.4 is 0 Å². The van der Waals surface area contributed by atoms with Gasteiger partial charge in [0, 0.05) is 11.1 Å². The van der Waals surface area contributed by atoms with Gasteiger partial charge in [0.15, 0.2) is 0 Å². The van der Waals surface area contributed by atoms with Crippen molar-refractivity contribution >= 4 is 20.2 Å². The van der Waals surface area contributed by atoms with Crippen LogP contribution in [0.4, 0.5) is 0 Å². The van der Waals surface area contributed by atoms with Gasteiger partial charge in [0.2, 0.25) is 0 Å². The number of hydrogen-bond donors (Lipinski definition) is 0. The molecule has 51 heavy (non-hydrogen) atoms. The maximum Gasteiger partial charge on any atom is 0.0722 e. The Kier molecular flexibility index (Phi) is 8.82. The minimum atomic E-state index is -2.07. The van der Waals surface area contributed by atoms with E-state index in [4.69, 9.17) is 0 Å². The van der Waals surface area contributed by atoms with Crippen LogP contribution in [-0.4, -0.2) is 8.07 Å². The van der Waals surface area contributed by atoms with Gasteiger partial charge in [-0.2, -0.15) is 0 Å². The van der Waals surface area contributed by atoms with E-state index in [0.29, 0.717) is 17.0 Å². The first-order valence-corrected chi connectivity index (χ1v) is 22.2. The topological polar surface area (TPSA) is 0 Å². The molecule has 0 saturated carbocycles. The molecule has 0 radical (unpaired) electrons. The molecular formula is C50H56Si. The van der Waals surface area contributed by atoms with Gasteiger partial charge in [-0.1, -0.05) is 201 Å². The number of fused-ring (bicyclic) bond motifs is 2.